The van der Waals surface area contributed by atoms with Gasteiger partial charge in [0.1, 0.15) is 6.04 Å². The molecule has 6 heteroatoms. The summed E-state index contributed by atoms with van der Waals surface area (Å²) in [4.78, 5) is 25.5. The van der Waals surface area contributed by atoms with Crippen molar-refractivity contribution in [3.8, 4) is 0 Å². The SMILES string of the molecule is CCC1C(=O)NCC(=O)N1c1c(Br)cccc1Br. The molecule has 1 saturated heterocycles. The summed E-state index contributed by atoms with van der Waals surface area (Å²) in [7, 11) is 0. The summed E-state index contributed by atoms with van der Waals surface area (Å²) >= 11 is 6.86. The molecule has 0 saturated carbocycles. The van der Waals surface area contributed by atoms with Crippen LogP contribution in [-0.4, -0.2) is 24.4 Å². The lowest BCUT2D eigenvalue weighted by Crippen LogP contribution is -2.58. The molecule has 96 valence electrons. The van der Waals surface area contributed by atoms with E-state index >= 15 is 0 Å². The number of benzene rings is 1. The third kappa shape index (κ3) is 2.31. The lowest BCUT2D eigenvalue weighted by Gasteiger charge is -2.35. The van der Waals surface area contributed by atoms with E-state index in [1.807, 2.05) is 25.1 Å². The zero-order chi connectivity index (χ0) is 13.3. The van der Waals surface area contributed by atoms with Gasteiger partial charge in [0.25, 0.3) is 0 Å². The van der Waals surface area contributed by atoms with Crippen LogP contribution in [0.15, 0.2) is 27.1 Å². The van der Waals surface area contributed by atoms with Crippen LogP contribution >= 0.6 is 31.9 Å². The molecule has 1 aliphatic heterocycles. The Morgan fingerprint density at radius 2 is 1.94 bits per heavy atom. The van der Waals surface area contributed by atoms with Gasteiger partial charge in [0.15, 0.2) is 0 Å². The Bertz CT molecular complexity index is 485. The maximum atomic E-state index is 12.1. The van der Waals surface area contributed by atoms with Gasteiger partial charge in [-0.3, -0.25) is 14.5 Å². The van der Waals surface area contributed by atoms with Crippen molar-refractivity contribution in [3.63, 3.8) is 0 Å². The summed E-state index contributed by atoms with van der Waals surface area (Å²) in [5.74, 6) is -0.214. The van der Waals surface area contributed by atoms with E-state index in [2.05, 4.69) is 37.2 Å². The first-order valence-electron chi connectivity index (χ1n) is 5.60. The van der Waals surface area contributed by atoms with Gasteiger partial charge in [0, 0.05) is 8.95 Å². The molecule has 0 bridgehead atoms. The summed E-state index contributed by atoms with van der Waals surface area (Å²) < 4.78 is 1.58. The van der Waals surface area contributed by atoms with Gasteiger partial charge in [0.05, 0.1) is 12.2 Å². The van der Waals surface area contributed by atoms with Gasteiger partial charge in [-0.25, -0.2) is 0 Å². The number of halogens is 2. The maximum Gasteiger partial charge on any atom is 0.247 e. The second-order valence-corrected chi connectivity index (χ2v) is 5.68. The number of rotatable bonds is 2. The Morgan fingerprint density at radius 3 is 2.50 bits per heavy atom. The molecule has 0 aromatic heterocycles. The minimum Gasteiger partial charge on any atom is -0.345 e. The smallest absolute Gasteiger partial charge is 0.247 e. The minimum absolute atomic E-state index is 0.0447. The molecule has 0 spiro atoms. The van der Waals surface area contributed by atoms with Crippen molar-refractivity contribution in [1.82, 2.24) is 5.32 Å². The molecule has 0 radical (unpaired) electrons. The summed E-state index contributed by atoms with van der Waals surface area (Å²) in [5, 5.41) is 2.61. The van der Waals surface area contributed by atoms with Crippen LogP contribution in [-0.2, 0) is 9.59 Å². The standard InChI is InChI=1S/C12H12Br2N2O2/c1-2-9-12(18)15-6-10(17)16(9)11-7(13)4-3-5-8(11)14/h3-5,9H,2,6H2,1H3,(H,15,18). The van der Waals surface area contributed by atoms with Gasteiger partial charge in [-0.1, -0.05) is 13.0 Å². The average molecular weight is 376 g/mol. The lowest BCUT2D eigenvalue weighted by atomic mass is 10.1. The summed E-state index contributed by atoms with van der Waals surface area (Å²) in [5.41, 5.74) is 0.712. The van der Waals surface area contributed by atoms with Crippen LogP contribution in [0.25, 0.3) is 0 Å². The predicted octanol–water partition coefficient (Wildman–Crippen LogP) is 2.45. The maximum absolute atomic E-state index is 12.1. The fourth-order valence-electron chi connectivity index (χ4n) is 2.02. The average Bonchev–Trinajstić information content (AvgIpc) is 2.33. The Labute approximate surface area is 122 Å². The summed E-state index contributed by atoms with van der Waals surface area (Å²) in [6, 6.07) is 5.12. The molecule has 0 aliphatic carbocycles. The van der Waals surface area contributed by atoms with Gasteiger partial charge in [0.2, 0.25) is 11.8 Å². The fraction of sp³-hybridized carbons (Fsp3) is 0.333. The van der Waals surface area contributed by atoms with Crippen LogP contribution in [0.3, 0.4) is 0 Å². The van der Waals surface area contributed by atoms with E-state index in [-0.39, 0.29) is 18.4 Å². The molecule has 1 aliphatic rings. The van der Waals surface area contributed by atoms with Crippen molar-refractivity contribution in [2.45, 2.75) is 19.4 Å². The Hall–Kier alpha value is -0.880. The first kappa shape index (κ1) is 13.5. The van der Waals surface area contributed by atoms with Crippen molar-refractivity contribution in [2.24, 2.45) is 0 Å². The summed E-state index contributed by atoms with van der Waals surface area (Å²) in [6.45, 7) is 1.93. The lowest BCUT2D eigenvalue weighted by molar-refractivity contribution is -0.131. The van der Waals surface area contributed by atoms with Crippen molar-refractivity contribution >= 4 is 49.4 Å². The molecule has 1 aromatic rings. The zero-order valence-corrected chi connectivity index (χ0v) is 12.9. The number of amides is 2. The Kier molecular flexibility index (Phi) is 4.07. The number of carbonyl (C=O) groups is 2. The van der Waals surface area contributed by atoms with Crippen molar-refractivity contribution in [1.29, 1.82) is 0 Å². The molecule has 1 heterocycles. The van der Waals surface area contributed by atoms with E-state index in [0.717, 1.165) is 8.95 Å². The van der Waals surface area contributed by atoms with E-state index in [1.54, 1.807) is 4.90 Å². The monoisotopic (exact) mass is 374 g/mol. The molecule has 4 nitrogen and oxygen atoms in total. The third-order valence-corrected chi connectivity index (χ3v) is 4.14. The molecule has 2 rings (SSSR count). The van der Waals surface area contributed by atoms with E-state index in [4.69, 9.17) is 0 Å². The second kappa shape index (κ2) is 5.40. The number of anilines is 1. The highest BCUT2D eigenvalue weighted by Crippen LogP contribution is 2.36. The van der Waals surface area contributed by atoms with Crippen molar-refractivity contribution in [2.75, 3.05) is 11.4 Å². The Morgan fingerprint density at radius 1 is 1.33 bits per heavy atom. The molecule has 18 heavy (non-hydrogen) atoms. The highest BCUT2D eigenvalue weighted by Gasteiger charge is 2.35. The third-order valence-electron chi connectivity index (χ3n) is 2.86. The van der Waals surface area contributed by atoms with Crippen LogP contribution in [0.2, 0.25) is 0 Å². The van der Waals surface area contributed by atoms with E-state index in [1.165, 1.54) is 0 Å². The molecular formula is C12H12Br2N2O2. The number of nitrogens with one attached hydrogen (secondary N) is 1. The minimum atomic E-state index is -0.457. The van der Waals surface area contributed by atoms with Crippen molar-refractivity contribution in [3.05, 3.63) is 27.1 Å². The normalized spacial score (nSPS) is 19.9. The number of nitrogens with zero attached hydrogens (tertiary/aromatic N) is 1. The molecule has 1 unspecified atom stereocenters. The molecular weight excluding hydrogens is 364 g/mol. The van der Waals surface area contributed by atoms with Crippen LogP contribution in [0.1, 0.15) is 13.3 Å². The quantitative estimate of drug-likeness (QED) is 0.863. The van der Waals surface area contributed by atoms with Gasteiger partial charge in [-0.2, -0.15) is 0 Å². The van der Waals surface area contributed by atoms with E-state index in [0.29, 0.717) is 12.1 Å². The first-order valence-corrected chi connectivity index (χ1v) is 7.18. The number of hydrogen-bond donors (Lipinski definition) is 1. The van der Waals surface area contributed by atoms with Crippen LogP contribution in [0.4, 0.5) is 5.69 Å². The van der Waals surface area contributed by atoms with E-state index in [9.17, 15) is 9.59 Å². The number of piperazine rings is 1. The second-order valence-electron chi connectivity index (χ2n) is 3.98. The van der Waals surface area contributed by atoms with Gasteiger partial charge in [-0.05, 0) is 50.4 Å². The largest absolute Gasteiger partial charge is 0.345 e. The molecule has 1 aromatic carbocycles. The molecule has 1 atom stereocenters. The van der Waals surface area contributed by atoms with E-state index < -0.39 is 6.04 Å². The topological polar surface area (TPSA) is 49.4 Å². The van der Waals surface area contributed by atoms with Crippen LogP contribution in [0.5, 0.6) is 0 Å². The molecule has 1 N–H and O–H groups in total. The number of carbonyl (C=O) groups excluding carboxylic acids is 2. The van der Waals surface area contributed by atoms with Crippen LogP contribution in [0, 0.1) is 0 Å². The van der Waals surface area contributed by atoms with Crippen LogP contribution < -0.4 is 10.2 Å². The highest BCUT2D eigenvalue weighted by atomic mass is 79.9. The number of hydrogen-bond acceptors (Lipinski definition) is 2. The van der Waals surface area contributed by atoms with Crippen molar-refractivity contribution < 1.29 is 9.59 Å². The van der Waals surface area contributed by atoms with Gasteiger partial charge in [-0.15, -0.1) is 0 Å². The summed E-state index contributed by atoms with van der Waals surface area (Å²) in [6.07, 6.45) is 0.575. The van der Waals surface area contributed by atoms with Gasteiger partial charge < -0.3 is 5.32 Å². The zero-order valence-electron chi connectivity index (χ0n) is 9.74. The molecule has 2 amide bonds. The highest BCUT2D eigenvalue weighted by molar-refractivity contribution is 9.11. The predicted molar refractivity (Wildman–Crippen MR) is 76.4 cm³/mol. The Balaban J connectivity index is 2.51. The number of para-hydroxylation sites is 1. The fourth-order valence-corrected chi connectivity index (χ4v) is 3.40. The first-order chi connectivity index (χ1) is 8.56. The van der Waals surface area contributed by atoms with Gasteiger partial charge >= 0.3 is 0 Å². The molecule has 1 fully saturated rings.